The first kappa shape index (κ1) is 15.3. The van der Waals surface area contributed by atoms with E-state index in [4.69, 9.17) is 0 Å². The molecule has 2 heterocycles. The van der Waals surface area contributed by atoms with Gasteiger partial charge in [-0.1, -0.05) is 36.4 Å². The zero-order chi connectivity index (χ0) is 17.1. The number of nitrogens with one attached hydrogen (secondary N) is 1. The zero-order valence-corrected chi connectivity index (χ0v) is 13.6. The summed E-state index contributed by atoms with van der Waals surface area (Å²) in [6.07, 6.45) is 3.62. The molecule has 0 unspecified atom stereocenters. The quantitative estimate of drug-likeness (QED) is 0.775. The van der Waals surface area contributed by atoms with Crippen molar-refractivity contribution < 1.29 is 4.79 Å². The molecule has 0 aliphatic carbocycles. The van der Waals surface area contributed by atoms with Gasteiger partial charge in [0.2, 0.25) is 0 Å². The summed E-state index contributed by atoms with van der Waals surface area (Å²) in [5.41, 5.74) is 4.71. The summed E-state index contributed by atoms with van der Waals surface area (Å²) in [5.74, 6) is 0.701. The maximum absolute atomic E-state index is 12.2. The number of pyridine rings is 1. The maximum atomic E-state index is 12.2. The summed E-state index contributed by atoms with van der Waals surface area (Å²) in [6, 6.07) is 21.0. The first-order valence-electron chi connectivity index (χ1n) is 8.28. The van der Waals surface area contributed by atoms with Crippen molar-refractivity contribution in [2.24, 2.45) is 4.99 Å². The van der Waals surface area contributed by atoms with Crippen molar-refractivity contribution in [3.05, 3.63) is 89.6 Å². The molecule has 4 rings (SSSR count). The molecule has 4 nitrogen and oxygen atoms in total. The zero-order valence-electron chi connectivity index (χ0n) is 13.6. The van der Waals surface area contributed by atoms with Crippen LogP contribution in [0.2, 0.25) is 0 Å². The predicted molar refractivity (Wildman–Crippen MR) is 99.6 cm³/mol. The summed E-state index contributed by atoms with van der Waals surface area (Å²) in [5, 5.41) is 2.91. The molecule has 25 heavy (non-hydrogen) atoms. The van der Waals surface area contributed by atoms with E-state index in [1.807, 2.05) is 48.5 Å². The van der Waals surface area contributed by atoms with E-state index < -0.39 is 0 Å². The minimum atomic E-state index is -0.110. The van der Waals surface area contributed by atoms with Gasteiger partial charge in [-0.15, -0.1) is 0 Å². The normalized spacial score (nSPS) is 12.9. The number of carbonyl (C=O) groups is 1. The Bertz CT molecular complexity index is 931. The highest BCUT2D eigenvalue weighted by molar-refractivity contribution is 6.05. The van der Waals surface area contributed by atoms with Gasteiger partial charge in [-0.25, -0.2) is 9.98 Å². The third-order valence-electron chi connectivity index (χ3n) is 4.25. The number of hydrogen-bond donors (Lipinski definition) is 1. The number of aromatic nitrogens is 1. The SMILES string of the molecule is O=C(Nc1ccc(C2=Nc3ncccc3CC2)cc1)c1ccccc1. The van der Waals surface area contributed by atoms with E-state index in [2.05, 4.69) is 21.4 Å². The first-order valence-corrected chi connectivity index (χ1v) is 8.28. The highest BCUT2D eigenvalue weighted by atomic mass is 16.1. The van der Waals surface area contributed by atoms with Gasteiger partial charge in [-0.05, 0) is 54.3 Å². The molecule has 1 aliphatic rings. The molecular formula is C21H17N3O. The average Bonchev–Trinajstić information content (AvgIpc) is 2.69. The van der Waals surface area contributed by atoms with Crippen LogP contribution < -0.4 is 5.32 Å². The summed E-state index contributed by atoms with van der Waals surface area (Å²) in [4.78, 5) is 21.2. The van der Waals surface area contributed by atoms with Gasteiger partial charge in [0.15, 0.2) is 5.82 Å². The third-order valence-corrected chi connectivity index (χ3v) is 4.25. The van der Waals surface area contributed by atoms with E-state index in [0.717, 1.165) is 35.6 Å². The van der Waals surface area contributed by atoms with Crippen LogP contribution in [0.15, 0.2) is 77.9 Å². The lowest BCUT2D eigenvalue weighted by Gasteiger charge is -2.15. The molecule has 2 aromatic carbocycles. The Morgan fingerprint density at radius 1 is 0.880 bits per heavy atom. The molecule has 3 aromatic rings. The largest absolute Gasteiger partial charge is 0.322 e. The smallest absolute Gasteiger partial charge is 0.255 e. The van der Waals surface area contributed by atoms with E-state index >= 15 is 0 Å². The van der Waals surface area contributed by atoms with E-state index in [-0.39, 0.29) is 5.91 Å². The Balaban J connectivity index is 1.51. The molecule has 0 spiro atoms. The van der Waals surface area contributed by atoms with Gasteiger partial charge in [0.1, 0.15) is 0 Å². The lowest BCUT2D eigenvalue weighted by Crippen LogP contribution is -2.12. The number of fused-ring (bicyclic) bond motifs is 1. The molecular weight excluding hydrogens is 310 g/mol. The van der Waals surface area contributed by atoms with Crippen molar-refractivity contribution in [1.82, 2.24) is 4.98 Å². The Hall–Kier alpha value is -3.27. The van der Waals surface area contributed by atoms with Crippen LogP contribution in [0.5, 0.6) is 0 Å². The number of aryl methyl sites for hydroxylation is 1. The average molecular weight is 327 g/mol. The second kappa shape index (κ2) is 6.69. The third kappa shape index (κ3) is 3.33. The second-order valence-corrected chi connectivity index (χ2v) is 5.94. The van der Waals surface area contributed by atoms with Crippen LogP contribution in [0.1, 0.15) is 27.9 Å². The van der Waals surface area contributed by atoms with Gasteiger partial charge in [0.05, 0.1) is 5.71 Å². The van der Waals surface area contributed by atoms with Gasteiger partial charge in [-0.3, -0.25) is 4.79 Å². The van der Waals surface area contributed by atoms with Crippen LogP contribution in [0.3, 0.4) is 0 Å². The van der Waals surface area contributed by atoms with Crippen molar-refractivity contribution in [3.63, 3.8) is 0 Å². The molecule has 1 N–H and O–H groups in total. The number of benzene rings is 2. The Kier molecular flexibility index (Phi) is 4.09. The summed E-state index contributed by atoms with van der Waals surface area (Å²) in [7, 11) is 0. The summed E-state index contributed by atoms with van der Waals surface area (Å²) < 4.78 is 0. The number of anilines is 1. The molecule has 0 saturated carbocycles. The monoisotopic (exact) mass is 327 g/mol. The summed E-state index contributed by atoms with van der Waals surface area (Å²) in [6.45, 7) is 0. The number of nitrogens with zero attached hydrogens (tertiary/aromatic N) is 2. The maximum Gasteiger partial charge on any atom is 0.255 e. The molecule has 4 heteroatoms. The van der Waals surface area contributed by atoms with Crippen LogP contribution in [0, 0.1) is 0 Å². The van der Waals surface area contributed by atoms with Crippen molar-refractivity contribution in [2.45, 2.75) is 12.8 Å². The summed E-state index contributed by atoms with van der Waals surface area (Å²) >= 11 is 0. The van der Waals surface area contributed by atoms with Gasteiger partial charge in [0.25, 0.3) is 5.91 Å². The van der Waals surface area contributed by atoms with Crippen LogP contribution >= 0.6 is 0 Å². The molecule has 0 atom stereocenters. The Labute approximate surface area is 146 Å². The van der Waals surface area contributed by atoms with Crippen LogP contribution in [0.4, 0.5) is 11.5 Å². The van der Waals surface area contributed by atoms with Gasteiger partial charge in [-0.2, -0.15) is 0 Å². The fraction of sp³-hybridized carbons (Fsp3) is 0.0952. The Morgan fingerprint density at radius 3 is 2.48 bits per heavy atom. The number of rotatable bonds is 3. The van der Waals surface area contributed by atoms with Gasteiger partial charge in [0, 0.05) is 17.4 Å². The minimum absolute atomic E-state index is 0.110. The molecule has 0 radical (unpaired) electrons. The van der Waals surface area contributed by atoms with Crippen molar-refractivity contribution in [2.75, 3.05) is 5.32 Å². The Morgan fingerprint density at radius 2 is 1.68 bits per heavy atom. The van der Waals surface area contributed by atoms with E-state index in [1.54, 1.807) is 18.3 Å². The number of carbonyl (C=O) groups excluding carboxylic acids is 1. The number of amides is 1. The van der Waals surface area contributed by atoms with Crippen molar-refractivity contribution in [3.8, 4) is 0 Å². The van der Waals surface area contributed by atoms with Gasteiger partial charge >= 0.3 is 0 Å². The minimum Gasteiger partial charge on any atom is -0.322 e. The fourth-order valence-corrected chi connectivity index (χ4v) is 2.91. The standard InChI is InChI=1S/C21H17N3O/c25-21(17-5-2-1-3-6-17)23-18-11-8-15(9-12-18)19-13-10-16-7-4-14-22-20(16)24-19/h1-9,11-12,14H,10,13H2,(H,23,25). The second-order valence-electron chi connectivity index (χ2n) is 5.94. The fourth-order valence-electron chi connectivity index (χ4n) is 2.91. The highest BCUT2D eigenvalue weighted by Gasteiger charge is 2.14. The molecule has 0 saturated heterocycles. The number of aliphatic imine (C=N–C) groups is 1. The topological polar surface area (TPSA) is 54.4 Å². The molecule has 1 aliphatic heterocycles. The highest BCUT2D eigenvalue weighted by Crippen LogP contribution is 2.25. The molecule has 122 valence electrons. The molecule has 1 aromatic heterocycles. The lowest BCUT2D eigenvalue weighted by atomic mass is 9.99. The van der Waals surface area contributed by atoms with E-state index in [0.29, 0.717) is 5.56 Å². The lowest BCUT2D eigenvalue weighted by molar-refractivity contribution is 0.102. The van der Waals surface area contributed by atoms with E-state index in [9.17, 15) is 4.79 Å². The van der Waals surface area contributed by atoms with Crippen LogP contribution in [-0.4, -0.2) is 16.6 Å². The van der Waals surface area contributed by atoms with Crippen LogP contribution in [-0.2, 0) is 6.42 Å². The predicted octanol–water partition coefficient (Wildman–Crippen LogP) is 4.40. The van der Waals surface area contributed by atoms with Crippen molar-refractivity contribution >= 4 is 23.1 Å². The molecule has 0 fully saturated rings. The molecule has 0 bridgehead atoms. The van der Waals surface area contributed by atoms with Crippen LogP contribution in [0.25, 0.3) is 0 Å². The first-order chi connectivity index (χ1) is 12.3. The van der Waals surface area contributed by atoms with Crippen molar-refractivity contribution in [1.29, 1.82) is 0 Å². The number of hydrogen-bond acceptors (Lipinski definition) is 3. The van der Waals surface area contributed by atoms with Gasteiger partial charge < -0.3 is 5.32 Å². The molecule has 1 amide bonds. The van der Waals surface area contributed by atoms with E-state index in [1.165, 1.54) is 5.56 Å².